The number of carbonyl (C=O) groups excluding carboxylic acids is 3. The van der Waals surface area contributed by atoms with Gasteiger partial charge in [0.25, 0.3) is 11.1 Å². The standard InChI is InChI=1S/C25H33N3O5S/c1-25(2,3)33-23(30)26-17-9-7-13-28(15-17)21-16(14-20-22(29)27-24(31)34-20)8-6-12-19(21)32-18-10-4-5-11-18/h6,8,12,14,17-18H,4-5,7,9-11,13,15H2,1-3H3,(H,26,30)(H,27,29,31)/b20-14-/t17-/m1/s1. The molecule has 2 N–H and O–H groups in total. The molecule has 0 radical (unpaired) electrons. The zero-order valence-electron chi connectivity index (χ0n) is 20.0. The zero-order chi connectivity index (χ0) is 24.3. The van der Waals surface area contributed by atoms with E-state index in [9.17, 15) is 14.4 Å². The smallest absolute Gasteiger partial charge is 0.407 e. The number of thioether (sulfide) groups is 1. The van der Waals surface area contributed by atoms with Crippen LogP contribution in [0, 0.1) is 0 Å². The fourth-order valence-electron chi connectivity index (χ4n) is 4.61. The fraction of sp³-hybridized carbons (Fsp3) is 0.560. The van der Waals surface area contributed by atoms with Crippen molar-refractivity contribution in [3.63, 3.8) is 0 Å². The number of para-hydroxylation sites is 1. The Balaban J connectivity index is 1.61. The molecule has 34 heavy (non-hydrogen) atoms. The molecular weight excluding hydrogens is 454 g/mol. The van der Waals surface area contributed by atoms with E-state index in [-0.39, 0.29) is 23.3 Å². The van der Waals surface area contributed by atoms with Gasteiger partial charge in [-0.25, -0.2) is 4.79 Å². The van der Waals surface area contributed by atoms with Crippen LogP contribution in [0.25, 0.3) is 6.08 Å². The first-order valence-corrected chi connectivity index (χ1v) is 12.8. The highest BCUT2D eigenvalue weighted by molar-refractivity contribution is 8.18. The minimum Gasteiger partial charge on any atom is -0.488 e. The Morgan fingerprint density at radius 1 is 1.18 bits per heavy atom. The van der Waals surface area contributed by atoms with Crippen LogP contribution in [-0.4, -0.2) is 48.1 Å². The molecule has 2 aliphatic heterocycles. The third-order valence-electron chi connectivity index (χ3n) is 6.01. The largest absolute Gasteiger partial charge is 0.488 e. The molecular formula is C25H33N3O5S. The number of hydrogen-bond donors (Lipinski definition) is 2. The van der Waals surface area contributed by atoms with Crippen molar-refractivity contribution in [1.29, 1.82) is 0 Å². The number of hydrogen-bond acceptors (Lipinski definition) is 7. The summed E-state index contributed by atoms with van der Waals surface area (Å²) in [6.45, 7) is 6.93. The number of nitrogens with one attached hydrogen (secondary N) is 2. The minimum absolute atomic E-state index is 0.0747. The van der Waals surface area contributed by atoms with Crippen molar-refractivity contribution in [2.75, 3.05) is 18.0 Å². The van der Waals surface area contributed by atoms with Crippen LogP contribution in [0.15, 0.2) is 23.1 Å². The van der Waals surface area contributed by atoms with Gasteiger partial charge in [0, 0.05) is 24.7 Å². The van der Waals surface area contributed by atoms with Crippen molar-refractivity contribution >= 4 is 40.8 Å². The quantitative estimate of drug-likeness (QED) is 0.575. The van der Waals surface area contributed by atoms with Gasteiger partial charge in [-0.1, -0.05) is 12.1 Å². The first kappa shape index (κ1) is 24.4. The molecule has 0 unspecified atom stereocenters. The summed E-state index contributed by atoms with van der Waals surface area (Å²) in [5.74, 6) is 0.389. The Morgan fingerprint density at radius 3 is 2.62 bits per heavy atom. The van der Waals surface area contributed by atoms with Crippen molar-refractivity contribution in [1.82, 2.24) is 10.6 Å². The number of imide groups is 1. The molecule has 1 saturated carbocycles. The first-order chi connectivity index (χ1) is 16.2. The van der Waals surface area contributed by atoms with E-state index in [2.05, 4.69) is 15.5 Å². The maximum atomic E-state index is 12.4. The predicted octanol–water partition coefficient (Wildman–Crippen LogP) is 4.83. The van der Waals surface area contributed by atoms with Gasteiger partial charge < -0.3 is 19.7 Å². The molecule has 1 aliphatic carbocycles. The molecule has 0 spiro atoms. The maximum absolute atomic E-state index is 12.4. The van der Waals surface area contributed by atoms with E-state index < -0.39 is 11.7 Å². The number of carbonyl (C=O) groups is 3. The number of amides is 3. The summed E-state index contributed by atoms with van der Waals surface area (Å²) in [7, 11) is 0. The van der Waals surface area contributed by atoms with Gasteiger partial charge in [0.2, 0.25) is 0 Å². The second kappa shape index (κ2) is 10.3. The van der Waals surface area contributed by atoms with Crippen LogP contribution >= 0.6 is 11.8 Å². The number of anilines is 1. The molecule has 8 nitrogen and oxygen atoms in total. The van der Waals surface area contributed by atoms with Crippen molar-refractivity contribution in [2.24, 2.45) is 0 Å². The Labute approximate surface area is 204 Å². The van der Waals surface area contributed by atoms with Crippen molar-refractivity contribution in [2.45, 2.75) is 77.0 Å². The molecule has 1 atom stereocenters. The molecule has 0 aromatic heterocycles. The van der Waals surface area contributed by atoms with Crippen LogP contribution in [0.2, 0.25) is 0 Å². The van der Waals surface area contributed by atoms with Crippen molar-refractivity contribution < 1.29 is 23.9 Å². The average molecular weight is 488 g/mol. The number of benzene rings is 1. The van der Waals surface area contributed by atoms with Gasteiger partial charge in [-0.05, 0) is 83.2 Å². The van der Waals surface area contributed by atoms with Crippen LogP contribution in [0.3, 0.4) is 0 Å². The Hall–Kier alpha value is -2.68. The summed E-state index contributed by atoms with van der Waals surface area (Å²) in [6, 6.07) is 5.74. The number of nitrogens with zero attached hydrogens (tertiary/aromatic N) is 1. The zero-order valence-corrected chi connectivity index (χ0v) is 20.8. The van der Waals surface area contributed by atoms with Gasteiger partial charge in [0.1, 0.15) is 11.4 Å². The van der Waals surface area contributed by atoms with Gasteiger partial charge in [-0.3, -0.25) is 14.9 Å². The van der Waals surface area contributed by atoms with Crippen LogP contribution in [-0.2, 0) is 9.53 Å². The average Bonchev–Trinajstić information content (AvgIpc) is 3.36. The predicted molar refractivity (Wildman–Crippen MR) is 133 cm³/mol. The van der Waals surface area contributed by atoms with Gasteiger partial charge in [0.15, 0.2) is 0 Å². The number of rotatable bonds is 5. The summed E-state index contributed by atoms with van der Waals surface area (Å²) >= 11 is 0.905. The number of alkyl carbamates (subject to hydrolysis) is 1. The summed E-state index contributed by atoms with van der Waals surface area (Å²) in [4.78, 5) is 38.8. The monoisotopic (exact) mass is 487 g/mol. The molecule has 3 fully saturated rings. The van der Waals surface area contributed by atoms with Crippen LogP contribution in [0.1, 0.15) is 64.9 Å². The van der Waals surface area contributed by atoms with E-state index in [1.165, 1.54) is 0 Å². The summed E-state index contributed by atoms with van der Waals surface area (Å²) < 4.78 is 11.9. The van der Waals surface area contributed by atoms with Crippen LogP contribution in [0.5, 0.6) is 5.75 Å². The topological polar surface area (TPSA) is 97.0 Å². The minimum atomic E-state index is -0.559. The highest BCUT2D eigenvalue weighted by Crippen LogP contribution is 2.39. The molecule has 1 aromatic carbocycles. The van der Waals surface area contributed by atoms with E-state index in [0.717, 1.165) is 73.8 Å². The van der Waals surface area contributed by atoms with Crippen LogP contribution < -0.4 is 20.3 Å². The Kier molecular flexibility index (Phi) is 7.40. The lowest BCUT2D eigenvalue weighted by molar-refractivity contribution is -0.115. The van der Waals surface area contributed by atoms with Crippen molar-refractivity contribution in [3.05, 3.63) is 28.7 Å². The van der Waals surface area contributed by atoms with Crippen LogP contribution in [0.4, 0.5) is 15.3 Å². The third kappa shape index (κ3) is 6.25. The molecule has 9 heteroatoms. The SMILES string of the molecule is CC(C)(C)OC(=O)N[C@@H]1CCCN(c2c(/C=C3\SC(=O)NC3=O)cccc2OC2CCCC2)C1. The van der Waals surface area contributed by atoms with Crippen molar-refractivity contribution in [3.8, 4) is 5.75 Å². The maximum Gasteiger partial charge on any atom is 0.407 e. The third-order valence-corrected chi connectivity index (χ3v) is 6.82. The van der Waals surface area contributed by atoms with Gasteiger partial charge >= 0.3 is 6.09 Å². The lowest BCUT2D eigenvalue weighted by Crippen LogP contribution is -2.49. The second-order valence-corrected chi connectivity index (χ2v) is 11.0. The highest BCUT2D eigenvalue weighted by atomic mass is 32.2. The second-order valence-electron chi connectivity index (χ2n) is 10.0. The number of ether oxygens (including phenoxy) is 2. The molecule has 3 amide bonds. The van der Waals surface area contributed by atoms with Gasteiger partial charge in [0.05, 0.1) is 16.7 Å². The van der Waals surface area contributed by atoms with E-state index in [0.29, 0.717) is 11.4 Å². The molecule has 0 bridgehead atoms. The molecule has 1 aromatic rings. The lowest BCUT2D eigenvalue weighted by atomic mass is 10.0. The van der Waals surface area contributed by atoms with E-state index in [4.69, 9.17) is 9.47 Å². The molecule has 2 saturated heterocycles. The summed E-state index contributed by atoms with van der Waals surface area (Å²) in [5, 5.41) is 4.95. The Morgan fingerprint density at radius 2 is 1.94 bits per heavy atom. The van der Waals surface area contributed by atoms with Gasteiger partial charge in [-0.2, -0.15) is 0 Å². The first-order valence-electron chi connectivity index (χ1n) is 12.0. The highest BCUT2D eigenvalue weighted by Gasteiger charge is 2.30. The summed E-state index contributed by atoms with van der Waals surface area (Å²) in [6.07, 6.45) is 7.63. The van der Waals surface area contributed by atoms with Gasteiger partial charge in [-0.15, -0.1) is 0 Å². The fourth-order valence-corrected chi connectivity index (χ4v) is 5.28. The number of piperidine rings is 1. The summed E-state index contributed by atoms with van der Waals surface area (Å²) in [5.41, 5.74) is 1.15. The molecule has 2 heterocycles. The normalized spacial score (nSPS) is 22.7. The molecule has 3 aliphatic rings. The van der Waals surface area contributed by atoms with E-state index in [1.54, 1.807) is 6.08 Å². The molecule has 4 rings (SSSR count). The molecule has 184 valence electrons. The van der Waals surface area contributed by atoms with E-state index >= 15 is 0 Å². The van der Waals surface area contributed by atoms with E-state index in [1.807, 2.05) is 39.0 Å². The lowest BCUT2D eigenvalue weighted by Gasteiger charge is -2.37. The Bertz CT molecular complexity index is 981.